The van der Waals surface area contributed by atoms with E-state index in [-0.39, 0.29) is 11.3 Å². The predicted octanol–water partition coefficient (Wildman–Crippen LogP) is 0.923. The Morgan fingerprint density at radius 1 is 1.35 bits per heavy atom. The standard InChI is InChI=1S/C12H15NO4/c14-11-2-1-9(7-10(11)12(15)16)8-13-3-5-17-6-4-13/h1-2,7,14H,3-6,8H2,(H,15,16). The van der Waals surface area contributed by atoms with Crippen molar-refractivity contribution in [3.8, 4) is 5.75 Å². The molecule has 5 nitrogen and oxygen atoms in total. The van der Waals surface area contributed by atoms with Gasteiger partial charge in [-0.2, -0.15) is 0 Å². The summed E-state index contributed by atoms with van der Waals surface area (Å²) in [6.07, 6.45) is 0. The van der Waals surface area contributed by atoms with Crippen molar-refractivity contribution in [3.63, 3.8) is 0 Å². The molecule has 0 radical (unpaired) electrons. The van der Waals surface area contributed by atoms with Gasteiger partial charge in [0.15, 0.2) is 0 Å². The number of aromatic hydroxyl groups is 1. The van der Waals surface area contributed by atoms with Crippen LogP contribution in [0.2, 0.25) is 0 Å². The smallest absolute Gasteiger partial charge is 0.339 e. The van der Waals surface area contributed by atoms with E-state index in [4.69, 9.17) is 9.84 Å². The Morgan fingerprint density at radius 2 is 2.06 bits per heavy atom. The molecule has 1 aromatic rings. The SMILES string of the molecule is O=C(O)c1cc(CN2CCOCC2)ccc1O. The molecule has 0 spiro atoms. The van der Waals surface area contributed by atoms with E-state index >= 15 is 0 Å². The highest BCUT2D eigenvalue weighted by molar-refractivity contribution is 5.90. The quantitative estimate of drug-likeness (QED) is 0.818. The van der Waals surface area contributed by atoms with E-state index in [0.717, 1.165) is 18.7 Å². The molecule has 0 aromatic heterocycles. The van der Waals surface area contributed by atoms with Gasteiger partial charge in [-0.3, -0.25) is 4.90 Å². The van der Waals surface area contributed by atoms with E-state index in [1.54, 1.807) is 6.07 Å². The van der Waals surface area contributed by atoms with Gasteiger partial charge >= 0.3 is 5.97 Å². The first-order chi connectivity index (χ1) is 8.16. The maximum Gasteiger partial charge on any atom is 0.339 e. The maximum absolute atomic E-state index is 10.9. The highest BCUT2D eigenvalue weighted by Crippen LogP contribution is 2.19. The Bertz CT molecular complexity index is 413. The maximum atomic E-state index is 10.9. The van der Waals surface area contributed by atoms with Crippen LogP contribution < -0.4 is 0 Å². The number of morpholine rings is 1. The van der Waals surface area contributed by atoms with Gasteiger partial charge in [0, 0.05) is 19.6 Å². The van der Waals surface area contributed by atoms with Crippen LogP contribution in [-0.2, 0) is 11.3 Å². The minimum Gasteiger partial charge on any atom is -0.507 e. The molecule has 2 rings (SSSR count). The number of nitrogens with zero attached hydrogens (tertiary/aromatic N) is 1. The van der Waals surface area contributed by atoms with Crippen molar-refractivity contribution < 1.29 is 19.7 Å². The van der Waals surface area contributed by atoms with E-state index in [0.29, 0.717) is 19.8 Å². The van der Waals surface area contributed by atoms with Crippen molar-refractivity contribution >= 4 is 5.97 Å². The normalized spacial score (nSPS) is 16.9. The lowest BCUT2D eigenvalue weighted by Crippen LogP contribution is -2.35. The molecule has 1 fully saturated rings. The zero-order valence-corrected chi connectivity index (χ0v) is 9.43. The fourth-order valence-corrected chi connectivity index (χ4v) is 1.87. The molecule has 0 bridgehead atoms. The van der Waals surface area contributed by atoms with Gasteiger partial charge in [0.05, 0.1) is 13.2 Å². The molecule has 0 amide bonds. The number of carboxylic acids is 1. The number of hydrogen-bond donors (Lipinski definition) is 2. The van der Waals surface area contributed by atoms with Crippen molar-refractivity contribution in [2.75, 3.05) is 26.3 Å². The predicted molar refractivity (Wildman–Crippen MR) is 61.2 cm³/mol. The molecule has 92 valence electrons. The Balaban J connectivity index is 2.10. The number of benzene rings is 1. The van der Waals surface area contributed by atoms with Gasteiger partial charge in [-0.25, -0.2) is 4.79 Å². The minimum absolute atomic E-state index is 0.0456. The number of aromatic carboxylic acids is 1. The van der Waals surface area contributed by atoms with Crippen molar-refractivity contribution in [2.24, 2.45) is 0 Å². The van der Waals surface area contributed by atoms with Gasteiger partial charge in [-0.05, 0) is 17.7 Å². The molecule has 1 heterocycles. The van der Waals surface area contributed by atoms with E-state index in [1.807, 2.05) is 0 Å². The Kier molecular flexibility index (Phi) is 3.61. The number of carbonyl (C=O) groups is 1. The van der Waals surface area contributed by atoms with Crippen LogP contribution in [0.5, 0.6) is 5.75 Å². The molecule has 5 heteroatoms. The highest BCUT2D eigenvalue weighted by atomic mass is 16.5. The number of phenols is 1. The van der Waals surface area contributed by atoms with Gasteiger partial charge < -0.3 is 14.9 Å². The van der Waals surface area contributed by atoms with Crippen LogP contribution in [0, 0.1) is 0 Å². The summed E-state index contributed by atoms with van der Waals surface area (Å²) in [5.74, 6) is -1.30. The molecule has 0 saturated carbocycles. The van der Waals surface area contributed by atoms with Crippen LogP contribution in [0.1, 0.15) is 15.9 Å². The third-order valence-corrected chi connectivity index (χ3v) is 2.80. The van der Waals surface area contributed by atoms with E-state index in [1.165, 1.54) is 12.1 Å². The fourth-order valence-electron chi connectivity index (χ4n) is 1.87. The van der Waals surface area contributed by atoms with Crippen LogP contribution in [0.25, 0.3) is 0 Å². The summed E-state index contributed by atoms with van der Waals surface area (Å²) in [7, 11) is 0. The second kappa shape index (κ2) is 5.16. The van der Waals surface area contributed by atoms with Gasteiger partial charge in [-0.15, -0.1) is 0 Å². The number of ether oxygens (including phenoxy) is 1. The summed E-state index contributed by atoms with van der Waals surface area (Å²) >= 11 is 0. The first-order valence-corrected chi connectivity index (χ1v) is 5.52. The zero-order valence-electron chi connectivity index (χ0n) is 9.43. The summed E-state index contributed by atoms with van der Waals surface area (Å²) in [4.78, 5) is 13.1. The number of rotatable bonds is 3. The van der Waals surface area contributed by atoms with Crippen LogP contribution in [0.15, 0.2) is 18.2 Å². The molecule has 1 aromatic carbocycles. The fraction of sp³-hybridized carbons (Fsp3) is 0.417. The number of hydrogen-bond acceptors (Lipinski definition) is 4. The largest absolute Gasteiger partial charge is 0.507 e. The second-order valence-electron chi connectivity index (χ2n) is 4.05. The molecule has 1 aliphatic rings. The van der Waals surface area contributed by atoms with E-state index in [2.05, 4.69) is 4.90 Å². The van der Waals surface area contributed by atoms with Crippen molar-refractivity contribution in [3.05, 3.63) is 29.3 Å². The summed E-state index contributed by atoms with van der Waals surface area (Å²) in [6.45, 7) is 3.81. The molecule has 1 aliphatic heterocycles. The molecule has 0 atom stereocenters. The summed E-state index contributed by atoms with van der Waals surface area (Å²) in [5, 5.41) is 18.3. The first-order valence-electron chi connectivity index (χ1n) is 5.52. The lowest BCUT2D eigenvalue weighted by molar-refractivity contribution is 0.0341. The molecule has 0 aliphatic carbocycles. The Hall–Kier alpha value is -1.59. The van der Waals surface area contributed by atoms with Crippen LogP contribution in [0.4, 0.5) is 0 Å². The zero-order chi connectivity index (χ0) is 12.3. The Morgan fingerprint density at radius 3 is 2.71 bits per heavy atom. The molecular formula is C12H15NO4. The van der Waals surface area contributed by atoms with E-state index in [9.17, 15) is 9.90 Å². The molecule has 1 saturated heterocycles. The average molecular weight is 237 g/mol. The van der Waals surface area contributed by atoms with E-state index < -0.39 is 5.97 Å². The number of carboxylic acid groups (broad SMARTS) is 1. The Labute approximate surface area is 99.2 Å². The summed E-state index contributed by atoms with van der Waals surface area (Å²) < 4.78 is 5.24. The average Bonchev–Trinajstić information content (AvgIpc) is 2.32. The van der Waals surface area contributed by atoms with Gasteiger partial charge in [0.25, 0.3) is 0 Å². The topological polar surface area (TPSA) is 70.0 Å². The highest BCUT2D eigenvalue weighted by Gasteiger charge is 2.14. The monoisotopic (exact) mass is 237 g/mol. The third kappa shape index (κ3) is 2.95. The molecule has 0 unspecified atom stereocenters. The van der Waals surface area contributed by atoms with Crippen molar-refractivity contribution in [1.82, 2.24) is 4.90 Å². The minimum atomic E-state index is -1.11. The third-order valence-electron chi connectivity index (χ3n) is 2.80. The second-order valence-corrected chi connectivity index (χ2v) is 4.05. The van der Waals surface area contributed by atoms with Crippen LogP contribution in [0.3, 0.4) is 0 Å². The van der Waals surface area contributed by atoms with Crippen molar-refractivity contribution in [2.45, 2.75) is 6.54 Å². The lowest BCUT2D eigenvalue weighted by atomic mass is 10.1. The first kappa shape index (κ1) is 11.9. The molecule has 2 N–H and O–H groups in total. The van der Waals surface area contributed by atoms with Gasteiger partial charge in [0.1, 0.15) is 11.3 Å². The van der Waals surface area contributed by atoms with Gasteiger partial charge in [0.2, 0.25) is 0 Å². The lowest BCUT2D eigenvalue weighted by Gasteiger charge is -2.26. The summed E-state index contributed by atoms with van der Waals surface area (Å²) in [5.41, 5.74) is 0.845. The van der Waals surface area contributed by atoms with Crippen LogP contribution in [-0.4, -0.2) is 47.4 Å². The molecular weight excluding hydrogens is 222 g/mol. The van der Waals surface area contributed by atoms with Crippen LogP contribution >= 0.6 is 0 Å². The van der Waals surface area contributed by atoms with Crippen molar-refractivity contribution in [1.29, 1.82) is 0 Å². The summed E-state index contributed by atoms with van der Waals surface area (Å²) in [6, 6.07) is 4.70. The van der Waals surface area contributed by atoms with Gasteiger partial charge in [-0.1, -0.05) is 6.07 Å². The molecule has 17 heavy (non-hydrogen) atoms.